The van der Waals surface area contributed by atoms with Gasteiger partial charge in [0.2, 0.25) is 5.91 Å². The van der Waals surface area contributed by atoms with E-state index in [9.17, 15) is 13.2 Å². The van der Waals surface area contributed by atoms with Gasteiger partial charge in [-0.15, -0.1) is 11.3 Å². The molecule has 1 aromatic rings. The standard InChI is InChI=1S/C11H15BrN2O3S2/c1-7-2-3-8(11(13)15)6-14(7)19(16,17)10-5-4-9(12)18-10/h4-5,7-8H,2-3,6H2,1H3,(H2,13,15). The summed E-state index contributed by atoms with van der Waals surface area (Å²) in [6, 6.07) is 3.17. The van der Waals surface area contributed by atoms with E-state index in [2.05, 4.69) is 15.9 Å². The Labute approximate surface area is 125 Å². The molecule has 0 radical (unpaired) electrons. The fraction of sp³-hybridized carbons (Fsp3) is 0.545. The van der Waals surface area contributed by atoms with Gasteiger partial charge in [-0.2, -0.15) is 4.31 Å². The topological polar surface area (TPSA) is 80.5 Å². The number of nitrogens with two attached hydrogens (primary N) is 1. The van der Waals surface area contributed by atoms with Gasteiger partial charge in [-0.1, -0.05) is 0 Å². The predicted molar refractivity (Wildman–Crippen MR) is 77.3 cm³/mol. The molecule has 0 spiro atoms. The molecular weight excluding hydrogens is 352 g/mol. The summed E-state index contributed by atoms with van der Waals surface area (Å²) in [6.07, 6.45) is 1.30. The van der Waals surface area contributed by atoms with E-state index >= 15 is 0 Å². The van der Waals surface area contributed by atoms with Crippen molar-refractivity contribution in [3.8, 4) is 0 Å². The van der Waals surface area contributed by atoms with Crippen LogP contribution in [0.3, 0.4) is 0 Å². The molecule has 1 aliphatic heterocycles. The van der Waals surface area contributed by atoms with E-state index in [0.717, 1.165) is 3.79 Å². The van der Waals surface area contributed by atoms with Crippen molar-refractivity contribution < 1.29 is 13.2 Å². The van der Waals surface area contributed by atoms with E-state index in [1.807, 2.05) is 6.92 Å². The molecule has 2 rings (SSSR count). The average Bonchev–Trinajstić information content (AvgIpc) is 2.76. The number of hydrogen-bond acceptors (Lipinski definition) is 4. The molecule has 1 amide bonds. The van der Waals surface area contributed by atoms with Gasteiger partial charge in [0.1, 0.15) is 4.21 Å². The first-order chi connectivity index (χ1) is 8.82. The number of carbonyl (C=O) groups excluding carboxylic acids is 1. The fourth-order valence-corrected chi connectivity index (χ4v) is 6.04. The zero-order chi connectivity index (χ0) is 14.2. The Morgan fingerprint density at radius 1 is 1.47 bits per heavy atom. The quantitative estimate of drug-likeness (QED) is 0.885. The lowest BCUT2D eigenvalue weighted by Gasteiger charge is -2.35. The van der Waals surface area contributed by atoms with Gasteiger partial charge in [-0.3, -0.25) is 4.79 Å². The van der Waals surface area contributed by atoms with E-state index < -0.39 is 21.8 Å². The van der Waals surface area contributed by atoms with Gasteiger partial charge in [0.25, 0.3) is 10.0 Å². The maximum atomic E-state index is 12.5. The number of piperidine rings is 1. The molecule has 1 fully saturated rings. The second kappa shape index (κ2) is 5.51. The van der Waals surface area contributed by atoms with Crippen LogP contribution in [0.5, 0.6) is 0 Å². The van der Waals surface area contributed by atoms with Crippen LogP contribution in [0.4, 0.5) is 0 Å². The summed E-state index contributed by atoms with van der Waals surface area (Å²) >= 11 is 4.43. The molecule has 106 valence electrons. The highest BCUT2D eigenvalue weighted by Gasteiger charge is 2.37. The first-order valence-electron chi connectivity index (χ1n) is 5.89. The molecule has 2 atom stereocenters. The number of amides is 1. The summed E-state index contributed by atoms with van der Waals surface area (Å²) in [5.41, 5.74) is 5.30. The van der Waals surface area contributed by atoms with Gasteiger partial charge < -0.3 is 5.73 Å². The molecule has 1 aromatic heterocycles. The third-order valence-electron chi connectivity index (χ3n) is 3.34. The molecule has 0 aromatic carbocycles. The van der Waals surface area contributed by atoms with Crippen LogP contribution in [0, 0.1) is 5.92 Å². The lowest BCUT2D eigenvalue weighted by molar-refractivity contribution is -0.123. The number of nitrogens with zero attached hydrogens (tertiary/aromatic N) is 1. The molecule has 0 aliphatic carbocycles. The van der Waals surface area contributed by atoms with E-state index in [4.69, 9.17) is 5.73 Å². The van der Waals surface area contributed by atoms with E-state index in [1.165, 1.54) is 15.6 Å². The fourth-order valence-electron chi connectivity index (χ4n) is 2.19. The average molecular weight is 367 g/mol. The number of carbonyl (C=O) groups is 1. The second-order valence-corrected chi connectivity index (χ2v) is 9.24. The van der Waals surface area contributed by atoms with Crippen molar-refractivity contribution in [2.45, 2.75) is 30.0 Å². The minimum absolute atomic E-state index is 0.110. The Morgan fingerprint density at radius 2 is 2.16 bits per heavy atom. The summed E-state index contributed by atoms with van der Waals surface area (Å²) in [7, 11) is -3.54. The van der Waals surface area contributed by atoms with Crippen molar-refractivity contribution in [2.24, 2.45) is 11.7 Å². The summed E-state index contributed by atoms with van der Waals surface area (Å²) in [5.74, 6) is -0.825. The van der Waals surface area contributed by atoms with Crippen molar-refractivity contribution in [1.29, 1.82) is 0 Å². The Morgan fingerprint density at radius 3 is 2.68 bits per heavy atom. The number of primary amides is 1. The molecule has 2 unspecified atom stereocenters. The van der Waals surface area contributed by atoms with Crippen molar-refractivity contribution in [3.63, 3.8) is 0 Å². The van der Waals surface area contributed by atoms with Crippen molar-refractivity contribution >= 4 is 43.2 Å². The number of sulfonamides is 1. The van der Waals surface area contributed by atoms with Gasteiger partial charge >= 0.3 is 0 Å². The monoisotopic (exact) mass is 366 g/mol. The third-order valence-corrected chi connectivity index (χ3v) is 7.41. The first-order valence-corrected chi connectivity index (χ1v) is 8.94. The van der Waals surface area contributed by atoms with Crippen LogP contribution in [0.25, 0.3) is 0 Å². The highest BCUT2D eigenvalue weighted by Crippen LogP contribution is 2.32. The van der Waals surface area contributed by atoms with Crippen LogP contribution in [0.1, 0.15) is 19.8 Å². The van der Waals surface area contributed by atoms with E-state index in [-0.39, 0.29) is 16.8 Å². The molecule has 0 bridgehead atoms. The van der Waals surface area contributed by atoms with E-state index in [0.29, 0.717) is 12.8 Å². The molecule has 0 saturated carbocycles. The normalized spacial score (nSPS) is 25.4. The van der Waals surface area contributed by atoms with Crippen molar-refractivity contribution in [3.05, 3.63) is 15.9 Å². The second-order valence-electron chi connectivity index (χ2n) is 4.66. The lowest BCUT2D eigenvalue weighted by atomic mass is 9.95. The first kappa shape index (κ1) is 15.0. The van der Waals surface area contributed by atoms with E-state index in [1.54, 1.807) is 12.1 Å². The van der Waals surface area contributed by atoms with Gasteiger partial charge in [-0.05, 0) is 47.8 Å². The van der Waals surface area contributed by atoms with Crippen LogP contribution in [-0.4, -0.2) is 31.2 Å². The Hall–Kier alpha value is -0.440. The number of thiophene rings is 1. The van der Waals surface area contributed by atoms with Crippen LogP contribution < -0.4 is 5.73 Å². The maximum absolute atomic E-state index is 12.5. The van der Waals surface area contributed by atoms with Gasteiger partial charge in [0.15, 0.2) is 0 Å². The number of hydrogen-bond donors (Lipinski definition) is 1. The molecule has 8 heteroatoms. The van der Waals surface area contributed by atoms with Crippen LogP contribution in [0.15, 0.2) is 20.1 Å². The smallest absolute Gasteiger partial charge is 0.252 e. The van der Waals surface area contributed by atoms with Gasteiger partial charge in [0.05, 0.1) is 9.70 Å². The van der Waals surface area contributed by atoms with Crippen LogP contribution in [-0.2, 0) is 14.8 Å². The molecular formula is C11H15BrN2O3S2. The zero-order valence-corrected chi connectivity index (χ0v) is 13.6. The molecule has 1 saturated heterocycles. The third kappa shape index (κ3) is 3.01. The lowest BCUT2D eigenvalue weighted by Crippen LogP contribution is -2.48. The Kier molecular flexibility index (Phi) is 4.34. The van der Waals surface area contributed by atoms with Crippen LogP contribution in [0.2, 0.25) is 0 Å². The highest BCUT2D eigenvalue weighted by atomic mass is 79.9. The molecule has 1 aliphatic rings. The molecule has 2 N–H and O–H groups in total. The number of rotatable bonds is 3. The highest BCUT2D eigenvalue weighted by molar-refractivity contribution is 9.11. The zero-order valence-electron chi connectivity index (χ0n) is 10.4. The Balaban J connectivity index is 2.30. The molecule has 19 heavy (non-hydrogen) atoms. The summed E-state index contributed by atoms with van der Waals surface area (Å²) in [6.45, 7) is 2.03. The summed E-state index contributed by atoms with van der Waals surface area (Å²) in [4.78, 5) is 11.3. The van der Waals surface area contributed by atoms with Crippen LogP contribution >= 0.6 is 27.3 Å². The SMILES string of the molecule is CC1CCC(C(N)=O)CN1S(=O)(=O)c1ccc(Br)s1. The maximum Gasteiger partial charge on any atom is 0.252 e. The molecule has 2 heterocycles. The minimum Gasteiger partial charge on any atom is -0.369 e. The van der Waals surface area contributed by atoms with Crippen molar-refractivity contribution in [2.75, 3.05) is 6.54 Å². The van der Waals surface area contributed by atoms with Gasteiger partial charge in [-0.25, -0.2) is 8.42 Å². The minimum atomic E-state index is -3.54. The molecule has 5 nitrogen and oxygen atoms in total. The number of halogens is 1. The Bertz CT molecular complexity index is 585. The predicted octanol–water partition coefficient (Wildman–Crippen LogP) is 1.79. The summed E-state index contributed by atoms with van der Waals surface area (Å²) < 4.78 is 27.5. The largest absolute Gasteiger partial charge is 0.369 e. The van der Waals surface area contributed by atoms with Crippen molar-refractivity contribution in [1.82, 2.24) is 4.31 Å². The summed E-state index contributed by atoms with van der Waals surface area (Å²) in [5, 5.41) is 0. The van der Waals surface area contributed by atoms with Gasteiger partial charge in [0, 0.05) is 12.6 Å².